The Morgan fingerprint density at radius 3 is 2.21 bits per heavy atom. The zero-order valence-corrected chi connectivity index (χ0v) is 14.3. The van der Waals surface area contributed by atoms with Gasteiger partial charge in [-0.1, -0.05) is 35.0 Å². The van der Waals surface area contributed by atoms with Gasteiger partial charge < -0.3 is 0 Å². The number of hydrogen-bond acceptors (Lipinski definition) is 1. The van der Waals surface area contributed by atoms with E-state index in [1.807, 2.05) is 45.0 Å². The van der Waals surface area contributed by atoms with Crippen LogP contribution in [0.15, 0.2) is 33.1 Å². The highest BCUT2D eigenvalue weighted by Gasteiger charge is 2.43. The van der Waals surface area contributed by atoms with E-state index >= 15 is 0 Å². The summed E-state index contributed by atoms with van der Waals surface area (Å²) in [5.74, 6) is 0. The van der Waals surface area contributed by atoms with Crippen LogP contribution in [-0.4, -0.2) is 14.7 Å². The van der Waals surface area contributed by atoms with Gasteiger partial charge in [0, 0.05) is 9.89 Å². The molecule has 2 nitrogen and oxygen atoms in total. The van der Waals surface area contributed by atoms with Crippen LogP contribution in [0.25, 0.3) is 0 Å². The van der Waals surface area contributed by atoms with E-state index in [0.29, 0.717) is 0 Å². The summed E-state index contributed by atoms with van der Waals surface area (Å²) >= 11 is 3.44. The Kier molecular flexibility index (Phi) is 4.03. The van der Waals surface area contributed by atoms with Gasteiger partial charge in [-0.15, -0.1) is 0 Å². The molecule has 0 amide bonds. The van der Waals surface area contributed by atoms with Crippen LogP contribution in [0.1, 0.15) is 46.1 Å². The largest absolute Gasteiger partial charge is 0.234 e. The molecule has 1 aromatic carbocycles. The average molecular weight is 342 g/mol. The SMILES string of the molecule is CC1(/C(=N/[S@@](=O)C(C)(C)C)c2ccc(Br)cc2)CC1. The summed E-state index contributed by atoms with van der Waals surface area (Å²) in [5.41, 5.74) is 2.18. The summed E-state index contributed by atoms with van der Waals surface area (Å²) in [6.45, 7) is 8.08. The van der Waals surface area contributed by atoms with Crippen molar-refractivity contribution in [2.24, 2.45) is 9.81 Å². The third-order valence-corrected chi connectivity index (χ3v) is 5.31. The van der Waals surface area contributed by atoms with Crippen molar-refractivity contribution in [1.29, 1.82) is 0 Å². The minimum absolute atomic E-state index is 0.106. The van der Waals surface area contributed by atoms with Gasteiger partial charge in [-0.2, -0.15) is 4.40 Å². The molecule has 0 bridgehead atoms. The fourth-order valence-electron chi connectivity index (χ4n) is 1.76. The first-order chi connectivity index (χ1) is 8.72. The number of nitrogens with zero attached hydrogens (tertiary/aromatic N) is 1. The molecule has 0 radical (unpaired) electrons. The van der Waals surface area contributed by atoms with Crippen LogP contribution in [-0.2, 0) is 11.0 Å². The molecule has 0 spiro atoms. The van der Waals surface area contributed by atoms with Crippen molar-refractivity contribution in [2.45, 2.75) is 45.3 Å². The van der Waals surface area contributed by atoms with Gasteiger partial charge in [-0.25, -0.2) is 4.21 Å². The predicted molar refractivity (Wildman–Crippen MR) is 85.9 cm³/mol. The lowest BCUT2D eigenvalue weighted by atomic mass is 9.96. The molecule has 1 aliphatic carbocycles. The Bertz CT molecular complexity index is 524. The zero-order valence-electron chi connectivity index (χ0n) is 11.9. The molecule has 0 aromatic heterocycles. The molecular formula is C15H20BrNOS. The Labute approximate surface area is 126 Å². The average Bonchev–Trinajstić information content (AvgIpc) is 3.05. The molecule has 104 valence electrons. The van der Waals surface area contributed by atoms with Gasteiger partial charge in [0.15, 0.2) is 0 Å². The molecule has 1 saturated carbocycles. The van der Waals surface area contributed by atoms with E-state index < -0.39 is 11.0 Å². The fourth-order valence-corrected chi connectivity index (χ4v) is 2.79. The highest BCUT2D eigenvalue weighted by molar-refractivity contribution is 9.10. The van der Waals surface area contributed by atoms with Crippen LogP contribution in [0.5, 0.6) is 0 Å². The molecule has 0 unspecified atom stereocenters. The van der Waals surface area contributed by atoms with Crippen molar-refractivity contribution >= 4 is 32.6 Å². The van der Waals surface area contributed by atoms with Crippen LogP contribution in [0, 0.1) is 5.41 Å². The summed E-state index contributed by atoms with van der Waals surface area (Å²) in [6, 6.07) is 8.12. The van der Waals surface area contributed by atoms with Gasteiger partial charge in [0.2, 0.25) is 0 Å². The van der Waals surface area contributed by atoms with Gasteiger partial charge in [0.05, 0.1) is 10.5 Å². The molecule has 19 heavy (non-hydrogen) atoms. The van der Waals surface area contributed by atoms with E-state index in [0.717, 1.165) is 28.6 Å². The number of benzene rings is 1. The Hall–Kier alpha value is -0.480. The topological polar surface area (TPSA) is 29.4 Å². The summed E-state index contributed by atoms with van der Waals surface area (Å²) in [6.07, 6.45) is 2.26. The number of hydrogen-bond donors (Lipinski definition) is 0. The maximum atomic E-state index is 12.3. The molecule has 1 aliphatic rings. The molecule has 0 aliphatic heterocycles. The van der Waals surface area contributed by atoms with Crippen LogP contribution >= 0.6 is 15.9 Å². The minimum atomic E-state index is -1.20. The van der Waals surface area contributed by atoms with Crippen molar-refractivity contribution < 1.29 is 4.21 Å². The lowest BCUT2D eigenvalue weighted by molar-refractivity contribution is 0.650. The van der Waals surface area contributed by atoms with E-state index in [2.05, 4.69) is 27.3 Å². The summed E-state index contributed by atoms with van der Waals surface area (Å²) < 4.78 is 17.6. The lowest BCUT2D eigenvalue weighted by Crippen LogP contribution is -2.23. The smallest absolute Gasteiger partial charge is 0.145 e. The second-order valence-electron chi connectivity index (χ2n) is 6.37. The van der Waals surface area contributed by atoms with Gasteiger partial charge >= 0.3 is 0 Å². The molecule has 1 aromatic rings. The van der Waals surface area contributed by atoms with Crippen LogP contribution < -0.4 is 0 Å². The lowest BCUT2D eigenvalue weighted by Gasteiger charge is -2.18. The third-order valence-electron chi connectivity index (χ3n) is 3.39. The third kappa shape index (κ3) is 3.54. The van der Waals surface area contributed by atoms with Gasteiger partial charge in [0.1, 0.15) is 11.0 Å². The normalized spacial score (nSPS) is 20.2. The Balaban J connectivity index is 2.40. The standard InChI is InChI=1S/C15H20BrNOS/c1-14(2,3)19(18)17-13(15(4)9-10-15)11-5-7-12(16)8-6-11/h5-8H,9-10H2,1-4H3/b17-13+/t19-/m0/s1. The van der Waals surface area contributed by atoms with Gasteiger partial charge in [-0.05, 0) is 51.3 Å². The van der Waals surface area contributed by atoms with E-state index in [1.54, 1.807) is 0 Å². The molecule has 1 fully saturated rings. The summed E-state index contributed by atoms with van der Waals surface area (Å²) in [4.78, 5) is 0. The quantitative estimate of drug-likeness (QED) is 0.744. The number of rotatable bonds is 3. The van der Waals surface area contributed by atoms with Gasteiger partial charge in [-0.3, -0.25) is 0 Å². The molecular weight excluding hydrogens is 322 g/mol. The Morgan fingerprint density at radius 1 is 1.26 bits per heavy atom. The van der Waals surface area contributed by atoms with Crippen LogP contribution in [0.2, 0.25) is 0 Å². The van der Waals surface area contributed by atoms with Crippen molar-refractivity contribution in [3.8, 4) is 0 Å². The minimum Gasteiger partial charge on any atom is -0.234 e. The highest BCUT2D eigenvalue weighted by Crippen LogP contribution is 2.48. The summed E-state index contributed by atoms with van der Waals surface area (Å²) in [7, 11) is -1.20. The second kappa shape index (κ2) is 5.13. The van der Waals surface area contributed by atoms with Gasteiger partial charge in [0.25, 0.3) is 0 Å². The van der Waals surface area contributed by atoms with Crippen molar-refractivity contribution in [3.63, 3.8) is 0 Å². The first kappa shape index (κ1) is 14.9. The molecule has 4 heteroatoms. The van der Waals surface area contributed by atoms with E-state index in [4.69, 9.17) is 0 Å². The molecule has 0 heterocycles. The monoisotopic (exact) mass is 341 g/mol. The Morgan fingerprint density at radius 2 is 1.79 bits per heavy atom. The molecule has 1 atom stereocenters. The van der Waals surface area contributed by atoms with Crippen molar-refractivity contribution in [2.75, 3.05) is 0 Å². The first-order valence-electron chi connectivity index (χ1n) is 6.49. The fraction of sp³-hybridized carbons (Fsp3) is 0.533. The maximum absolute atomic E-state index is 12.3. The van der Waals surface area contributed by atoms with Crippen LogP contribution in [0.3, 0.4) is 0 Å². The van der Waals surface area contributed by atoms with Crippen LogP contribution in [0.4, 0.5) is 0 Å². The molecule has 2 rings (SSSR count). The number of halogens is 1. The maximum Gasteiger partial charge on any atom is 0.145 e. The van der Waals surface area contributed by atoms with E-state index in [-0.39, 0.29) is 10.2 Å². The van der Waals surface area contributed by atoms with Crippen molar-refractivity contribution in [1.82, 2.24) is 0 Å². The van der Waals surface area contributed by atoms with E-state index in [9.17, 15) is 4.21 Å². The predicted octanol–water partition coefficient (Wildman–Crippen LogP) is 4.50. The van der Waals surface area contributed by atoms with Crippen molar-refractivity contribution in [3.05, 3.63) is 34.3 Å². The second-order valence-corrected chi connectivity index (χ2v) is 9.19. The zero-order chi connectivity index (χ0) is 14.3. The van der Waals surface area contributed by atoms with E-state index in [1.165, 1.54) is 0 Å². The molecule has 0 N–H and O–H groups in total. The molecule has 0 saturated heterocycles. The highest BCUT2D eigenvalue weighted by atomic mass is 79.9. The summed E-state index contributed by atoms with van der Waals surface area (Å²) in [5, 5.41) is 0. The first-order valence-corrected chi connectivity index (χ1v) is 8.39.